The van der Waals surface area contributed by atoms with Gasteiger partial charge in [-0.2, -0.15) is 12.6 Å². The van der Waals surface area contributed by atoms with Gasteiger partial charge < -0.3 is 16.2 Å². The van der Waals surface area contributed by atoms with Gasteiger partial charge in [-0.25, -0.2) is 4.79 Å². The summed E-state index contributed by atoms with van der Waals surface area (Å²) in [6, 6.07) is -1.58. The predicted molar refractivity (Wildman–Crippen MR) is 60.8 cm³/mol. The lowest BCUT2D eigenvalue weighted by Crippen LogP contribution is -2.50. The number of nitrogens with one attached hydrogen (secondary N) is 1. The molecule has 0 saturated carbocycles. The summed E-state index contributed by atoms with van der Waals surface area (Å²) in [6.45, 7) is 3.61. The van der Waals surface area contributed by atoms with Crippen LogP contribution in [-0.2, 0) is 9.59 Å². The normalized spacial score (nSPS) is 14.7. The van der Waals surface area contributed by atoms with Crippen LogP contribution in [0.25, 0.3) is 0 Å². The van der Waals surface area contributed by atoms with Crippen LogP contribution >= 0.6 is 12.6 Å². The van der Waals surface area contributed by atoms with E-state index >= 15 is 0 Å². The average Bonchev–Trinajstić information content (AvgIpc) is 2.15. The first-order valence-corrected chi connectivity index (χ1v) is 5.43. The van der Waals surface area contributed by atoms with Crippen LogP contribution < -0.4 is 11.1 Å². The molecule has 0 aromatic carbocycles. The van der Waals surface area contributed by atoms with Crippen molar-refractivity contribution in [2.24, 2.45) is 11.7 Å². The Kier molecular flexibility index (Phi) is 6.35. The summed E-state index contributed by atoms with van der Waals surface area (Å²) in [5.74, 6) is -1.11. The highest BCUT2D eigenvalue weighted by atomic mass is 32.1. The predicted octanol–water partition coefficient (Wildman–Crippen LogP) is -0.141. The van der Waals surface area contributed by atoms with Crippen molar-refractivity contribution in [3.05, 3.63) is 0 Å². The second kappa shape index (κ2) is 6.68. The van der Waals surface area contributed by atoms with Crippen LogP contribution in [0.5, 0.6) is 0 Å². The number of thiol groups is 1. The Balaban J connectivity index is 4.28. The van der Waals surface area contributed by atoms with Crippen LogP contribution in [0.2, 0.25) is 0 Å². The number of carboxylic acids is 1. The molecule has 0 bridgehead atoms. The molecule has 15 heavy (non-hydrogen) atoms. The van der Waals surface area contributed by atoms with Gasteiger partial charge in [-0.1, -0.05) is 13.8 Å². The van der Waals surface area contributed by atoms with Gasteiger partial charge in [0.15, 0.2) is 0 Å². The molecule has 0 heterocycles. The van der Waals surface area contributed by atoms with Gasteiger partial charge in [0, 0.05) is 0 Å². The molecule has 0 aliphatic rings. The van der Waals surface area contributed by atoms with E-state index < -0.39 is 24.0 Å². The van der Waals surface area contributed by atoms with E-state index in [0.717, 1.165) is 0 Å². The van der Waals surface area contributed by atoms with Crippen molar-refractivity contribution in [1.82, 2.24) is 5.32 Å². The third-order valence-electron chi connectivity index (χ3n) is 2.05. The SMILES string of the molecule is CC(C)[C@H](N)C(=O)N[C@@H](CCS)C(=O)O. The maximum absolute atomic E-state index is 11.4. The highest BCUT2D eigenvalue weighted by molar-refractivity contribution is 7.80. The standard InChI is InChI=1S/C9H18N2O3S/c1-5(2)7(10)8(12)11-6(3-4-15)9(13)14/h5-7,15H,3-4,10H2,1-2H3,(H,11,12)(H,13,14)/t6-,7-/m0/s1. The van der Waals surface area contributed by atoms with Crippen molar-refractivity contribution in [3.8, 4) is 0 Å². The van der Waals surface area contributed by atoms with Crippen LogP contribution in [0.3, 0.4) is 0 Å². The van der Waals surface area contributed by atoms with E-state index in [2.05, 4.69) is 17.9 Å². The molecule has 0 fully saturated rings. The third kappa shape index (κ3) is 5.03. The van der Waals surface area contributed by atoms with E-state index in [1.54, 1.807) is 13.8 Å². The lowest BCUT2D eigenvalue weighted by Gasteiger charge is -2.19. The first kappa shape index (κ1) is 14.2. The Morgan fingerprint density at radius 1 is 1.47 bits per heavy atom. The third-order valence-corrected chi connectivity index (χ3v) is 2.31. The summed E-state index contributed by atoms with van der Waals surface area (Å²) >= 11 is 3.92. The molecule has 0 aliphatic carbocycles. The first-order valence-electron chi connectivity index (χ1n) is 4.79. The molecular formula is C9H18N2O3S. The number of carbonyl (C=O) groups is 2. The number of amides is 1. The zero-order chi connectivity index (χ0) is 12.0. The molecule has 5 nitrogen and oxygen atoms in total. The first-order chi connectivity index (χ1) is 6.90. The Hall–Kier alpha value is -0.750. The zero-order valence-electron chi connectivity index (χ0n) is 8.93. The van der Waals surface area contributed by atoms with Crippen molar-refractivity contribution in [2.45, 2.75) is 32.4 Å². The molecular weight excluding hydrogens is 216 g/mol. The number of nitrogens with two attached hydrogens (primary N) is 1. The van der Waals surface area contributed by atoms with Crippen LogP contribution in [0, 0.1) is 5.92 Å². The molecule has 0 aromatic heterocycles. The minimum absolute atomic E-state index is 0.0181. The average molecular weight is 234 g/mol. The van der Waals surface area contributed by atoms with Gasteiger partial charge in [-0.05, 0) is 18.1 Å². The Bertz CT molecular complexity index is 233. The van der Waals surface area contributed by atoms with E-state index in [1.807, 2.05) is 0 Å². The minimum atomic E-state index is -1.06. The van der Waals surface area contributed by atoms with E-state index in [-0.39, 0.29) is 12.3 Å². The smallest absolute Gasteiger partial charge is 0.326 e. The molecule has 4 N–H and O–H groups in total. The molecule has 2 atom stereocenters. The van der Waals surface area contributed by atoms with Crippen LogP contribution in [0.4, 0.5) is 0 Å². The van der Waals surface area contributed by atoms with Crippen molar-refractivity contribution in [3.63, 3.8) is 0 Å². The summed E-state index contributed by atoms with van der Waals surface area (Å²) in [6.07, 6.45) is 0.287. The van der Waals surface area contributed by atoms with Crippen molar-refractivity contribution in [2.75, 3.05) is 5.75 Å². The van der Waals surface area contributed by atoms with E-state index in [1.165, 1.54) is 0 Å². The molecule has 88 valence electrons. The molecule has 6 heteroatoms. The van der Waals surface area contributed by atoms with Crippen molar-refractivity contribution < 1.29 is 14.7 Å². The van der Waals surface area contributed by atoms with Crippen LogP contribution in [-0.4, -0.2) is 34.8 Å². The number of carbonyl (C=O) groups excluding carboxylic acids is 1. The maximum Gasteiger partial charge on any atom is 0.326 e. The van der Waals surface area contributed by atoms with Gasteiger partial charge in [0.25, 0.3) is 0 Å². The molecule has 0 aromatic rings. The Labute approximate surface area is 94.8 Å². The Morgan fingerprint density at radius 2 is 2.00 bits per heavy atom. The van der Waals surface area contributed by atoms with Crippen LogP contribution in [0.15, 0.2) is 0 Å². The number of carboxylic acid groups (broad SMARTS) is 1. The molecule has 0 aliphatic heterocycles. The summed E-state index contributed by atoms with van der Waals surface area (Å²) < 4.78 is 0. The van der Waals surface area contributed by atoms with E-state index in [4.69, 9.17) is 10.8 Å². The summed E-state index contributed by atoms with van der Waals surface area (Å²) in [4.78, 5) is 22.2. The fourth-order valence-electron chi connectivity index (χ4n) is 0.957. The molecule has 0 saturated heterocycles. The fourth-order valence-corrected chi connectivity index (χ4v) is 1.22. The minimum Gasteiger partial charge on any atom is -0.480 e. The van der Waals surface area contributed by atoms with Crippen molar-refractivity contribution >= 4 is 24.5 Å². The van der Waals surface area contributed by atoms with Gasteiger partial charge in [-0.3, -0.25) is 4.79 Å². The largest absolute Gasteiger partial charge is 0.480 e. The fraction of sp³-hybridized carbons (Fsp3) is 0.778. The monoisotopic (exact) mass is 234 g/mol. The molecule has 0 radical (unpaired) electrons. The van der Waals surface area contributed by atoms with Gasteiger partial charge in [0.1, 0.15) is 6.04 Å². The topological polar surface area (TPSA) is 92.4 Å². The lowest BCUT2D eigenvalue weighted by atomic mass is 10.0. The van der Waals surface area contributed by atoms with Crippen molar-refractivity contribution in [1.29, 1.82) is 0 Å². The number of hydrogen-bond donors (Lipinski definition) is 4. The maximum atomic E-state index is 11.4. The summed E-state index contributed by atoms with van der Waals surface area (Å²) in [7, 11) is 0. The number of hydrogen-bond acceptors (Lipinski definition) is 4. The number of rotatable bonds is 6. The molecule has 0 spiro atoms. The highest BCUT2D eigenvalue weighted by Crippen LogP contribution is 2.01. The highest BCUT2D eigenvalue weighted by Gasteiger charge is 2.23. The van der Waals surface area contributed by atoms with Crippen LogP contribution in [0.1, 0.15) is 20.3 Å². The zero-order valence-corrected chi connectivity index (χ0v) is 9.83. The molecule has 1 amide bonds. The van der Waals surface area contributed by atoms with Gasteiger partial charge >= 0.3 is 5.97 Å². The van der Waals surface area contributed by atoms with Gasteiger partial charge in [0.2, 0.25) is 5.91 Å². The van der Waals surface area contributed by atoms with Gasteiger partial charge in [-0.15, -0.1) is 0 Å². The summed E-state index contributed by atoms with van der Waals surface area (Å²) in [5.41, 5.74) is 5.58. The van der Waals surface area contributed by atoms with Gasteiger partial charge in [0.05, 0.1) is 6.04 Å². The summed E-state index contributed by atoms with van der Waals surface area (Å²) in [5, 5.41) is 11.2. The second-order valence-corrected chi connectivity index (χ2v) is 4.13. The molecule has 0 rings (SSSR count). The quantitative estimate of drug-likeness (QED) is 0.481. The lowest BCUT2D eigenvalue weighted by molar-refractivity contribution is -0.142. The number of aliphatic carboxylic acids is 1. The van der Waals surface area contributed by atoms with E-state index in [0.29, 0.717) is 5.75 Å². The second-order valence-electron chi connectivity index (χ2n) is 3.68. The molecule has 0 unspecified atom stereocenters. The Morgan fingerprint density at radius 3 is 2.33 bits per heavy atom. The van der Waals surface area contributed by atoms with E-state index in [9.17, 15) is 9.59 Å².